The first-order valence-electron chi connectivity index (χ1n) is 23.4. The van der Waals surface area contributed by atoms with Gasteiger partial charge in [-0.05, 0) is 107 Å². The molecule has 1 saturated carbocycles. The molecule has 0 spiro atoms. The number of ether oxygens (including phenoxy) is 4. The molecule has 4 rings (SSSR count). The Morgan fingerprint density at radius 3 is 2.27 bits per heavy atom. The van der Waals surface area contributed by atoms with Gasteiger partial charge < -0.3 is 39.2 Å². The summed E-state index contributed by atoms with van der Waals surface area (Å²) in [5, 5.41) is 33.5. The van der Waals surface area contributed by atoms with Crippen LogP contribution in [0.25, 0.3) is 0 Å². The van der Waals surface area contributed by atoms with E-state index in [-0.39, 0.29) is 67.1 Å². The number of aliphatic hydroxyl groups is 3. The lowest BCUT2D eigenvalue weighted by Crippen LogP contribution is -2.61. The zero-order valence-electron chi connectivity index (χ0n) is 39.3. The fourth-order valence-electron chi connectivity index (χ4n) is 9.78. The summed E-state index contributed by atoms with van der Waals surface area (Å²) >= 11 is 0. The first kappa shape index (κ1) is 52.3. The van der Waals surface area contributed by atoms with Crippen LogP contribution in [-0.4, -0.2) is 119 Å². The number of hydrogen-bond donors (Lipinski definition) is 3. The van der Waals surface area contributed by atoms with Crippen LogP contribution in [0.3, 0.4) is 0 Å². The van der Waals surface area contributed by atoms with Crippen molar-refractivity contribution in [2.24, 2.45) is 35.5 Å². The van der Waals surface area contributed by atoms with Crippen LogP contribution in [0.5, 0.6) is 0 Å². The molecule has 0 aromatic rings. The summed E-state index contributed by atoms with van der Waals surface area (Å²) in [6, 6.07) is -1.12. The Balaban J connectivity index is 1.67. The van der Waals surface area contributed by atoms with Crippen molar-refractivity contribution in [3.63, 3.8) is 0 Å². The largest absolute Gasteiger partial charge is 0.460 e. The van der Waals surface area contributed by atoms with Crippen LogP contribution >= 0.6 is 0 Å². The number of amides is 1. The van der Waals surface area contributed by atoms with Crippen molar-refractivity contribution >= 4 is 29.2 Å². The minimum atomic E-state index is -2.42. The average Bonchev–Trinajstić information content (AvgIpc) is 3.25. The SMILES string of the molecule is CO[C@H]1C[C@@H]2CCC(C)C(O)(O2)C(=O)C(=O)N2CCCCC2C(=O)O[C@H]([C@H](C)CC2CCC(O)[C@@H](OC)C2)CC(=O)[C@H](C)/C=C(\C)C(O)CC(=O)C(C)C[C@H](C)/C=C/C=C/C=C/1C. The normalized spacial score (nSPS) is 40.1. The van der Waals surface area contributed by atoms with E-state index in [2.05, 4.69) is 0 Å². The lowest BCUT2D eigenvalue weighted by atomic mass is 9.78. The van der Waals surface area contributed by atoms with Crippen LogP contribution in [0.4, 0.5) is 0 Å². The van der Waals surface area contributed by atoms with E-state index in [0.29, 0.717) is 63.4 Å². The van der Waals surface area contributed by atoms with Gasteiger partial charge in [0, 0.05) is 57.8 Å². The molecular weight excluding hydrogens is 807 g/mol. The number of carbonyl (C=O) groups excluding carboxylic acids is 5. The highest BCUT2D eigenvalue weighted by atomic mass is 16.6. The lowest BCUT2D eigenvalue weighted by molar-refractivity contribution is -0.265. The van der Waals surface area contributed by atoms with Gasteiger partial charge in [-0.1, -0.05) is 71.1 Å². The molecule has 0 aromatic heterocycles. The molecule has 13 nitrogen and oxygen atoms in total. The summed E-state index contributed by atoms with van der Waals surface area (Å²) in [4.78, 5) is 71.1. The first-order chi connectivity index (χ1) is 29.8. The molecule has 7 unspecified atom stereocenters. The van der Waals surface area contributed by atoms with E-state index in [4.69, 9.17) is 18.9 Å². The number of esters is 1. The number of methoxy groups -OCH3 is 2. The summed E-state index contributed by atoms with van der Waals surface area (Å²) in [7, 11) is 3.15. The highest BCUT2D eigenvalue weighted by Crippen LogP contribution is 2.37. The molecule has 1 aliphatic carbocycles. The number of nitrogens with zero attached hydrogens (tertiary/aromatic N) is 1. The number of carbonyl (C=O) groups is 5. The molecule has 3 heterocycles. The highest BCUT2D eigenvalue weighted by Gasteiger charge is 2.53. The number of ketones is 3. The van der Waals surface area contributed by atoms with Crippen molar-refractivity contribution in [1.29, 1.82) is 0 Å². The smallest absolute Gasteiger partial charge is 0.329 e. The maximum atomic E-state index is 14.3. The minimum absolute atomic E-state index is 0.0725. The van der Waals surface area contributed by atoms with E-state index in [9.17, 15) is 39.3 Å². The number of hydrogen-bond acceptors (Lipinski definition) is 12. The molecule has 63 heavy (non-hydrogen) atoms. The molecule has 13 heteroatoms. The third-order valence-corrected chi connectivity index (χ3v) is 14.2. The standard InChI is InChI=1S/C50H77NO12/c1-30-15-11-10-12-16-31(2)44(60-8)27-38-20-18-36(7)50(59,63-38)47(56)48(57)51-22-14-13-17-39(51)49(58)62-45(35(6)25-37-19-21-40(52)46(26-37)61-9)29-43(55)34(5)24-33(4)42(54)28-41(53)32(3)23-30/h10-12,15-16,24,30,32,34-40,42,44-46,52,54,59H,13-14,17-23,25-29H2,1-9H3/b12-10+,15-11+,31-16+,33-24+/t30-,32?,34-,35-,36?,37?,38+,39?,40?,42?,44+,45+,46+,50?/m1/s1. The molecule has 1 amide bonds. The summed E-state index contributed by atoms with van der Waals surface area (Å²) in [5.41, 5.74) is 1.39. The molecule has 3 N–H and O–H groups in total. The molecule has 2 bridgehead atoms. The van der Waals surface area contributed by atoms with Crippen molar-refractivity contribution in [3.8, 4) is 0 Å². The fraction of sp³-hybridized carbons (Fsp3) is 0.740. The van der Waals surface area contributed by atoms with Crippen molar-refractivity contribution < 1.29 is 58.2 Å². The maximum absolute atomic E-state index is 14.3. The predicted octanol–water partition coefficient (Wildman–Crippen LogP) is 6.56. The Morgan fingerprint density at radius 2 is 1.57 bits per heavy atom. The van der Waals surface area contributed by atoms with E-state index < -0.39 is 71.8 Å². The van der Waals surface area contributed by atoms with E-state index in [1.165, 1.54) is 4.90 Å². The van der Waals surface area contributed by atoms with Gasteiger partial charge in [0.05, 0.1) is 30.5 Å². The van der Waals surface area contributed by atoms with Gasteiger partial charge in [-0.25, -0.2) is 4.79 Å². The number of cyclic esters (lactones) is 1. The number of Topliss-reactive ketones (excluding diaryl/α,β-unsaturated/α-hetero) is 3. The highest BCUT2D eigenvalue weighted by molar-refractivity contribution is 6.39. The molecule has 3 fully saturated rings. The molecule has 2 saturated heterocycles. The minimum Gasteiger partial charge on any atom is -0.460 e. The van der Waals surface area contributed by atoms with Crippen LogP contribution in [0.2, 0.25) is 0 Å². The zero-order chi connectivity index (χ0) is 46.6. The van der Waals surface area contributed by atoms with Crippen molar-refractivity contribution in [2.45, 2.75) is 180 Å². The van der Waals surface area contributed by atoms with Crippen LogP contribution in [0, 0.1) is 35.5 Å². The first-order valence-corrected chi connectivity index (χ1v) is 23.4. The average molecular weight is 884 g/mol. The molecule has 14 atom stereocenters. The van der Waals surface area contributed by atoms with Gasteiger partial charge in [-0.3, -0.25) is 19.2 Å². The third kappa shape index (κ3) is 14.3. The summed E-state index contributed by atoms with van der Waals surface area (Å²) in [5.74, 6) is -7.36. The molecule has 354 valence electrons. The van der Waals surface area contributed by atoms with E-state index in [0.717, 1.165) is 12.0 Å². The van der Waals surface area contributed by atoms with Gasteiger partial charge in [0.15, 0.2) is 0 Å². The van der Waals surface area contributed by atoms with Crippen molar-refractivity contribution in [2.75, 3.05) is 20.8 Å². The van der Waals surface area contributed by atoms with Crippen LogP contribution in [-0.2, 0) is 42.9 Å². The van der Waals surface area contributed by atoms with Gasteiger partial charge >= 0.3 is 5.97 Å². The summed E-state index contributed by atoms with van der Waals surface area (Å²) in [6.07, 6.45) is 13.0. The number of aliphatic hydroxyl groups excluding tert-OH is 2. The van der Waals surface area contributed by atoms with Gasteiger partial charge in [-0.15, -0.1) is 0 Å². The molecule has 0 radical (unpaired) electrons. The Hall–Kier alpha value is -3.33. The molecule has 4 aliphatic rings. The topological polar surface area (TPSA) is 186 Å². The zero-order valence-corrected chi connectivity index (χ0v) is 39.3. The summed E-state index contributed by atoms with van der Waals surface area (Å²) < 4.78 is 23.8. The predicted molar refractivity (Wildman–Crippen MR) is 239 cm³/mol. The number of fused-ring (bicyclic) bond motifs is 3. The Morgan fingerprint density at radius 1 is 0.841 bits per heavy atom. The Labute approximate surface area is 375 Å². The molecular formula is C50H77NO12. The van der Waals surface area contributed by atoms with E-state index in [1.807, 2.05) is 58.1 Å². The number of allylic oxidation sites excluding steroid dienone is 6. The van der Waals surface area contributed by atoms with Crippen molar-refractivity contribution in [3.05, 3.63) is 47.6 Å². The van der Waals surface area contributed by atoms with E-state index in [1.54, 1.807) is 41.1 Å². The second kappa shape index (κ2) is 24.3. The van der Waals surface area contributed by atoms with Crippen molar-refractivity contribution in [1.82, 2.24) is 4.90 Å². The van der Waals surface area contributed by atoms with Gasteiger partial charge in [0.25, 0.3) is 11.7 Å². The second-order valence-corrected chi connectivity index (χ2v) is 19.3. The molecule has 0 aromatic carbocycles. The second-order valence-electron chi connectivity index (χ2n) is 19.3. The van der Waals surface area contributed by atoms with Gasteiger partial charge in [0.2, 0.25) is 5.79 Å². The quantitative estimate of drug-likeness (QED) is 0.154. The summed E-state index contributed by atoms with van der Waals surface area (Å²) in [6.45, 7) is 12.9. The Bertz CT molecular complexity index is 1700. The third-order valence-electron chi connectivity index (χ3n) is 14.2. The number of piperidine rings is 1. The number of rotatable bonds is 5. The fourth-order valence-corrected chi connectivity index (χ4v) is 9.78. The maximum Gasteiger partial charge on any atom is 0.329 e. The monoisotopic (exact) mass is 884 g/mol. The van der Waals surface area contributed by atoms with Crippen LogP contribution < -0.4 is 0 Å². The van der Waals surface area contributed by atoms with Gasteiger partial charge in [0.1, 0.15) is 23.7 Å². The van der Waals surface area contributed by atoms with Crippen LogP contribution in [0.1, 0.15) is 132 Å². The van der Waals surface area contributed by atoms with E-state index >= 15 is 0 Å². The van der Waals surface area contributed by atoms with Gasteiger partial charge in [-0.2, -0.15) is 0 Å². The Kier molecular flexibility index (Phi) is 20.1. The molecule has 3 aliphatic heterocycles. The van der Waals surface area contributed by atoms with Crippen LogP contribution in [0.15, 0.2) is 47.6 Å². The lowest BCUT2D eigenvalue weighted by Gasteiger charge is -2.42.